The zero-order chi connectivity index (χ0) is 18.0. The van der Waals surface area contributed by atoms with Gasteiger partial charge in [0, 0.05) is 36.0 Å². The van der Waals surface area contributed by atoms with Crippen LogP contribution in [0.5, 0.6) is 5.75 Å². The van der Waals surface area contributed by atoms with Gasteiger partial charge in [-0.05, 0) is 57.2 Å². The zero-order valence-electron chi connectivity index (χ0n) is 15.1. The molecule has 1 amide bonds. The van der Waals surface area contributed by atoms with E-state index in [-0.39, 0.29) is 11.5 Å². The van der Waals surface area contributed by atoms with Crippen LogP contribution in [0.3, 0.4) is 0 Å². The second-order valence-electron chi connectivity index (χ2n) is 6.79. The number of piperidine rings is 1. The molecule has 0 aliphatic carbocycles. The Morgan fingerprint density at radius 1 is 1.36 bits per heavy atom. The Kier molecular flexibility index (Phi) is 5.11. The van der Waals surface area contributed by atoms with Crippen molar-refractivity contribution in [2.75, 3.05) is 13.7 Å². The predicted octanol–water partition coefficient (Wildman–Crippen LogP) is 3.44. The van der Waals surface area contributed by atoms with Crippen molar-refractivity contribution in [3.63, 3.8) is 0 Å². The first-order valence-corrected chi connectivity index (χ1v) is 8.91. The van der Waals surface area contributed by atoms with E-state index in [1.165, 1.54) is 6.42 Å². The van der Waals surface area contributed by atoms with Gasteiger partial charge < -0.3 is 14.1 Å². The lowest BCUT2D eigenvalue weighted by Gasteiger charge is -2.33. The number of likely N-dealkylation sites (tertiary alicyclic amines) is 1. The molecule has 25 heavy (non-hydrogen) atoms. The minimum absolute atomic E-state index is 0.126. The highest BCUT2D eigenvalue weighted by atomic mass is 16.5. The first-order chi connectivity index (χ1) is 12.0. The van der Waals surface area contributed by atoms with E-state index in [2.05, 4.69) is 6.92 Å². The van der Waals surface area contributed by atoms with E-state index in [1.54, 1.807) is 13.2 Å². The lowest BCUT2D eigenvalue weighted by molar-refractivity contribution is -0.134. The lowest BCUT2D eigenvalue weighted by Crippen LogP contribution is -2.42. The number of ether oxygens (including phenoxy) is 1. The third-order valence-corrected chi connectivity index (χ3v) is 5.21. The molecule has 134 valence electrons. The quantitative estimate of drug-likeness (QED) is 0.798. The Bertz CT molecular complexity index is 839. The van der Waals surface area contributed by atoms with Crippen molar-refractivity contribution in [2.24, 2.45) is 0 Å². The van der Waals surface area contributed by atoms with Crippen LogP contribution < -0.4 is 10.4 Å². The van der Waals surface area contributed by atoms with E-state index in [9.17, 15) is 9.59 Å². The van der Waals surface area contributed by atoms with Gasteiger partial charge >= 0.3 is 5.63 Å². The normalized spacial score (nSPS) is 17.7. The molecule has 1 fully saturated rings. The van der Waals surface area contributed by atoms with Gasteiger partial charge in [-0.25, -0.2) is 4.79 Å². The van der Waals surface area contributed by atoms with Crippen LogP contribution in [0.15, 0.2) is 27.4 Å². The molecule has 0 spiro atoms. The lowest BCUT2D eigenvalue weighted by atomic mass is 10.00. The Hall–Kier alpha value is -2.30. The van der Waals surface area contributed by atoms with E-state index in [0.717, 1.165) is 30.3 Å². The number of nitrogens with zero attached hydrogens (tertiary/aromatic N) is 1. The van der Waals surface area contributed by atoms with Crippen molar-refractivity contribution in [3.8, 4) is 5.75 Å². The Morgan fingerprint density at radius 3 is 2.88 bits per heavy atom. The van der Waals surface area contributed by atoms with Gasteiger partial charge in [-0.2, -0.15) is 0 Å². The molecule has 1 unspecified atom stereocenters. The van der Waals surface area contributed by atoms with E-state index in [1.807, 2.05) is 24.0 Å². The fraction of sp³-hybridized carbons (Fsp3) is 0.500. The molecule has 2 aromatic rings. The average molecular weight is 343 g/mol. The summed E-state index contributed by atoms with van der Waals surface area (Å²) in [5, 5.41) is 0.884. The number of methoxy groups -OCH3 is 1. The Balaban J connectivity index is 1.81. The molecule has 0 saturated carbocycles. The maximum absolute atomic E-state index is 12.5. The summed E-state index contributed by atoms with van der Waals surface area (Å²) in [6.45, 7) is 4.83. The number of rotatable bonds is 4. The molecule has 1 atom stereocenters. The van der Waals surface area contributed by atoms with Crippen LogP contribution >= 0.6 is 0 Å². The van der Waals surface area contributed by atoms with E-state index < -0.39 is 0 Å². The molecule has 1 saturated heterocycles. The molecule has 0 bridgehead atoms. The molecule has 5 nitrogen and oxygen atoms in total. The number of fused-ring (bicyclic) bond motifs is 1. The highest BCUT2D eigenvalue weighted by Crippen LogP contribution is 2.25. The number of hydrogen-bond acceptors (Lipinski definition) is 4. The van der Waals surface area contributed by atoms with Crippen LogP contribution in [-0.2, 0) is 11.2 Å². The smallest absolute Gasteiger partial charge is 0.339 e. The van der Waals surface area contributed by atoms with Gasteiger partial charge in [-0.3, -0.25) is 4.79 Å². The summed E-state index contributed by atoms with van der Waals surface area (Å²) in [7, 11) is 1.58. The van der Waals surface area contributed by atoms with Crippen molar-refractivity contribution in [2.45, 2.75) is 52.0 Å². The summed E-state index contributed by atoms with van der Waals surface area (Å²) in [4.78, 5) is 26.9. The maximum atomic E-state index is 12.5. The van der Waals surface area contributed by atoms with Gasteiger partial charge in [-0.1, -0.05) is 0 Å². The molecule has 5 heteroatoms. The van der Waals surface area contributed by atoms with Gasteiger partial charge in [0.15, 0.2) is 0 Å². The molecule has 3 rings (SSSR count). The topological polar surface area (TPSA) is 59.8 Å². The Morgan fingerprint density at radius 2 is 2.16 bits per heavy atom. The Labute approximate surface area is 147 Å². The van der Waals surface area contributed by atoms with E-state index in [0.29, 0.717) is 35.8 Å². The van der Waals surface area contributed by atoms with Gasteiger partial charge in [0.05, 0.1) is 7.11 Å². The highest BCUT2D eigenvalue weighted by molar-refractivity contribution is 5.83. The molecule has 1 aliphatic rings. The number of hydrogen-bond donors (Lipinski definition) is 0. The summed E-state index contributed by atoms with van der Waals surface area (Å²) in [5.41, 5.74) is 1.63. The summed E-state index contributed by atoms with van der Waals surface area (Å²) in [6.07, 6.45) is 4.07. The number of aryl methyl sites for hydroxylation is 1. The van der Waals surface area contributed by atoms with Crippen molar-refractivity contribution in [1.29, 1.82) is 0 Å². The van der Waals surface area contributed by atoms with Gasteiger partial charge in [-0.15, -0.1) is 0 Å². The van der Waals surface area contributed by atoms with Crippen LogP contribution in [0.25, 0.3) is 11.0 Å². The fourth-order valence-electron chi connectivity index (χ4n) is 3.63. The van der Waals surface area contributed by atoms with Gasteiger partial charge in [0.2, 0.25) is 5.91 Å². The largest absolute Gasteiger partial charge is 0.497 e. The minimum atomic E-state index is -0.363. The third-order valence-electron chi connectivity index (χ3n) is 5.21. The molecular formula is C20H25NO4. The minimum Gasteiger partial charge on any atom is -0.497 e. The molecule has 1 aliphatic heterocycles. The summed E-state index contributed by atoms with van der Waals surface area (Å²) >= 11 is 0. The van der Waals surface area contributed by atoms with Crippen molar-refractivity contribution in [3.05, 3.63) is 39.7 Å². The molecule has 2 heterocycles. The highest BCUT2D eigenvalue weighted by Gasteiger charge is 2.23. The van der Waals surface area contributed by atoms with Crippen LogP contribution in [0.4, 0.5) is 0 Å². The van der Waals surface area contributed by atoms with Crippen LogP contribution in [0.2, 0.25) is 0 Å². The first-order valence-electron chi connectivity index (χ1n) is 8.91. The number of amides is 1. The SMILES string of the molecule is COc1ccc2c(C)c(CCC(=O)N3CCCCC3C)c(=O)oc2c1. The van der Waals surface area contributed by atoms with Crippen molar-refractivity contribution in [1.82, 2.24) is 4.90 Å². The van der Waals surface area contributed by atoms with Crippen LogP contribution in [0, 0.1) is 6.92 Å². The molecule has 0 N–H and O–H groups in total. The zero-order valence-corrected chi connectivity index (χ0v) is 15.1. The molecule has 0 radical (unpaired) electrons. The predicted molar refractivity (Wildman–Crippen MR) is 97.1 cm³/mol. The summed E-state index contributed by atoms with van der Waals surface area (Å²) < 4.78 is 10.6. The average Bonchev–Trinajstić information content (AvgIpc) is 2.61. The fourth-order valence-corrected chi connectivity index (χ4v) is 3.63. The van der Waals surface area contributed by atoms with Gasteiger partial charge in [0.1, 0.15) is 11.3 Å². The molecule has 1 aromatic heterocycles. The van der Waals surface area contributed by atoms with Gasteiger partial charge in [0.25, 0.3) is 0 Å². The summed E-state index contributed by atoms with van der Waals surface area (Å²) in [6, 6.07) is 5.75. The molecular weight excluding hydrogens is 318 g/mol. The summed E-state index contributed by atoms with van der Waals surface area (Å²) in [5.74, 6) is 0.776. The van der Waals surface area contributed by atoms with Crippen molar-refractivity contribution >= 4 is 16.9 Å². The van der Waals surface area contributed by atoms with Crippen molar-refractivity contribution < 1.29 is 13.9 Å². The molecule has 1 aromatic carbocycles. The van der Waals surface area contributed by atoms with Crippen LogP contribution in [0.1, 0.15) is 43.7 Å². The standard InChI is InChI=1S/C20H25NO4/c1-13-6-4-5-11-21(13)19(22)10-9-17-14(2)16-8-7-15(24-3)12-18(16)25-20(17)23/h7-8,12-13H,4-6,9-11H2,1-3H3. The monoisotopic (exact) mass is 343 g/mol. The number of carbonyl (C=O) groups is 1. The number of carbonyl (C=O) groups excluding carboxylic acids is 1. The maximum Gasteiger partial charge on any atom is 0.339 e. The second kappa shape index (κ2) is 7.30. The number of benzene rings is 1. The van der Waals surface area contributed by atoms with E-state index >= 15 is 0 Å². The second-order valence-corrected chi connectivity index (χ2v) is 6.79. The third kappa shape index (κ3) is 3.55. The first kappa shape index (κ1) is 17.5. The van der Waals surface area contributed by atoms with E-state index in [4.69, 9.17) is 9.15 Å². The van der Waals surface area contributed by atoms with Crippen LogP contribution in [-0.4, -0.2) is 30.5 Å².